The van der Waals surface area contributed by atoms with E-state index in [1.54, 1.807) is 30.3 Å². The fourth-order valence-electron chi connectivity index (χ4n) is 2.18. The summed E-state index contributed by atoms with van der Waals surface area (Å²) < 4.78 is 13.0. The Morgan fingerprint density at radius 3 is 2.52 bits per heavy atom. The van der Waals surface area contributed by atoms with Crippen LogP contribution in [0.5, 0.6) is 0 Å². The number of pyridine rings is 1. The first-order valence-corrected chi connectivity index (χ1v) is 6.52. The van der Waals surface area contributed by atoms with E-state index in [0.29, 0.717) is 27.2 Å². The summed E-state index contributed by atoms with van der Waals surface area (Å²) in [6, 6.07) is 12.2. The number of carboxylic acids is 1. The number of fused-ring (bicyclic) bond motifs is 1. The molecule has 1 heterocycles. The third-order valence-corrected chi connectivity index (χ3v) is 3.47. The zero-order valence-corrected chi connectivity index (χ0v) is 11.4. The first kappa shape index (κ1) is 13.5. The van der Waals surface area contributed by atoms with Gasteiger partial charge in [-0.3, -0.25) is 0 Å². The van der Waals surface area contributed by atoms with Crippen molar-refractivity contribution in [3.05, 3.63) is 64.9 Å². The van der Waals surface area contributed by atoms with Crippen LogP contribution in [-0.4, -0.2) is 16.1 Å². The molecule has 0 amide bonds. The molecular weight excluding hydrogens is 293 g/mol. The Morgan fingerprint density at radius 2 is 1.86 bits per heavy atom. The molecule has 0 unspecified atom stereocenters. The largest absolute Gasteiger partial charge is 0.478 e. The molecule has 0 bridgehead atoms. The summed E-state index contributed by atoms with van der Waals surface area (Å²) >= 11 is 6.07. The lowest BCUT2D eigenvalue weighted by atomic mass is 10.0. The van der Waals surface area contributed by atoms with Gasteiger partial charge in [0.2, 0.25) is 0 Å². The Bertz CT molecular complexity index is 847. The van der Waals surface area contributed by atoms with Crippen molar-refractivity contribution in [1.29, 1.82) is 0 Å². The molecule has 5 heteroatoms. The Labute approximate surface area is 124 Å². The van der Waals surface area contributed by atoms with Crippen molar-refractivity contribution >= 4 is 28.5 Å². The number of rotatable bonds is 2. The van der Waals surface area contributed by atoms with Crippen molar-refractivity contribution in [2.24, 2.45) is 0 Å². The predicted octanol–water partition coefficient (Wildman–Crippen LogP) is 4.39. The van der Waals surface area contributed by atoms with Crippen LogP contribution in [0.4, 0.5) is 4.39 Å². The molecule has 0 fully saturated rings. The molecule has 0 saturated heterocycles. The Kier molecular flexibility index (Phi) is 3.31. The molecule has 3 rings (SSSR count). The van der Waals surface area contributed by atoms with Crippen molar-refractivity contribution in [2.75, 3.05) is 0 Å². The number of aromatic nitrogens is 1. The van der Waals surface area contributed by atoms with Gasteiger partial charge in [0.15, 0.2) is 0 Å². The summed E-state index contributed by atoms with van der Waals surface area (Å²) in [5, 5.41) is 10.1. The summed E-state index contributed by atoms with van der Waals surface area (Å²) in [5.74, 6) is -1.44. The van der Waals surface area contributed by atoms with Crippen LogP contribution in [0.3, 0.4) is 0 Å². The van der Waals surface area contributed by atoms with Gasteiger partial charge in [0, 0.05) is 10.9 Å². The molecule has 2 aromatic carbocycles. The zero-order valence-electron chi connectivity index (χ0n) is 10.7. The van der Waals surface area contributed by atoms with Crippen LogP contribution in [0.15, 0.2) is 48.5 Å². The molecule has 3 aromatic rings. The number of hydrogen-bond acceptors (Lipinski definition) is 2. The van der Waals surface area contributed by atoms with Crippen LogP contribution >= 0.6 is 11.6 Å². The Balaban J connectivity index is 2.31. The first-order valence-electron chi connectivity index (χ1n) is 6.15. The molecule has 1 N–H and O–H groups in total. The minimum absolute atomic E-state index is 0.0740. The van der Waals surface area contributed by atoms with E-state index in [4.69, 9.17) is 11.6 Å². The van der Waals surface area contributed by atoms with Crippen LogP contribution < -0.4 is 0 Å². The van der Waals surface area contributed by atoms with E-state index >= 15 is 0 Å². The number of aromatic carboxylic acids is 1. The van der Waals surface area contributed by atoms with E-state index in [0.717, 1.165) is 0 Å². The predicted molar refractivity (Wildman–Crippen MR) is 79.1 cm³/mol. The maximum Gasteiger partial charge on any atom is 0.336 e. The van der Waals surface area contributed by atoms with Gasteiger partial charge in [-0.25, -0.2) is 14.2 Å². The topological polar surface area (TPSA) is 50.2 Å². The van der Waals surface area contributed by atoms with Crippen molar-refractivity contribution in [3.63, 3.8) is 0 Å². The fourth-order valence-corrected chi connectivity index (χ4v) is 2.45. The Morgan fingerprint density at radius 1 is 1.14 bits per heavy atom. The average Bonchev–Trinajstić information content (AvgIpc) is 2.47. The Hall–Kier alpha value is -2.46. The van der Waals surface area contributed by atoms with Crippen molar-refractivity contribution in [2.45, 2.75) is 0 Å². The van der Waals surface area contributed by atoms with Gasteiger partial charge in [-0.15, -0.1) is 0 Å². The average molecular weight is 302 g/mol. The lowest BCUT2D eigenvalue weighted by molar-refractivity contribution is 0.0699. The van der Waals surface area contributed by atoms with E-state index in [-0.39, 0.29) is 11.4 Å². The van der Waals surface area contributed by atoms with E-state index in [1.165, 1.54) is 18.2 Å². The number of halogens is 2. The molecule has 0 aliphatic rings. The monoisotopic (exact) mass is 301 g/mol. The number of nitrogens with zero attached hydrogens (tertiary/aromatic N) is 1. The summed E-state index contributed by atoms with van der Waals surface area (Å²) in [4.78, 5) is 15.9. The van der Waals surface area contributed by atoms with Gasteiger partial charge < -0.3 is 5.11 Å². The molecule has 0 aliphatic carbocycles. The first-order chi connectivity index (χ1) is 10.1. The van der Waals surface area contributed by atoms with E-state index in [1.807, 2.05) is 0 Å². The van der Waals surface area contributed by atoms with E-state index < -0.39 is 5.97 Å². The molecule has 0 atom stereocenters. The highest BCUT2D eigenvalue weighted by Crippen LogP contribution is 2.29. The van der Waals surface area contributed by atoms with Gasteiger partial charge in [-0.05, 0) is 42.5 Å². The van der Waals surface area contributed by atoms with Crippen LogP contribution in [0, 0.1) is 5.82 Å². The van der Waals surface area contributed by atoms with Crippen molar-refractivity contribution in [3.8, 4) is 11.3 Å². The lowest BCUT2D eigenvalue weighted by Crippen LogP contribution is -2.00. The van der Waals surface area contributed by atoms with Gasteiger partial charge in [0.25, 0.3) is 0 Å². The van der Waals surface area contributed by atoms with Gasteiger partial charge in [-0.2, -0.15) is 0 Å². The second-order valence-corrected chi connectivity index (χ2v) is 4.91. The van der Waals surface area contributed by atoms with Crippen LogP contribution in [0.1, 0.15) is 10.4 Å². The minimum Gasteiger partial charge on any atom is -0.478 e. The molecule has 0 spiro atoms. The van der Waals surface area contributed by atoms with Crippen molar-refractivity contribution in [1.82, 2.24) is 4.98 Å². The van der Waals surface area contributed by atoms with Gasteiger partial charge in [0.1, 0.15) is 5.82 Å². The number of benzene rings is 2. The summed E-state index contributed by atoms with van der Waals surface area (Å²) in [6.45, 7) is 0. The zero-order chi connectivity index (χ0) is 15.0. The summed E-state index contributed by atoms with van der Waals surface area (Å²) in [7, 11) is 0. The highest BCUT2D eigenvalue weighted by Gasteiger charge is 2.15. The number of hydrogen-bond donors (Lipinski definition) is 1. The number of carboxylic acid groups (broad SMARTS) is 1. The third-order valence-electron chi connectivity index (χ3n) is 3.15. The van der Waals surface area contributed by atoms with Gasteiger partial charge in [0.05, 0.1) is 21.8 Å². The highest BCUT2D eigenvalue weighted by atomic mass is 35.5. The quantitative estimate of drug-likeness (QED) is 0.763. The standard InChI is InChI=1S/C16H9ClFNO2/c17-12-2-1-3-13-15(12)11(16(20)21)8-14(19-13)9-4-6-10(18)7-5-9/h1-8H,(H,20,21). The lowest BCUT2D eigenvalue weighted by Gasteiger charge is -2.08. The molecule has 1 aromatic heterocycles. The van der Waals surface area contributed by atoms with E-state index in [2.05, 4.69) is 4.98 Å². The number of carbonyl (C=O) groups is 1. The second-order valence-electron chi connectivity index (χ2n) is 4.50. The summed E-state index contributed by atoms with van der Waals surface area (Å²) in [6.07, 6.45) is 0. The van der Waals surface area contributed by atoms with Crippen LogP contribution in [0.2, 0.25) is 5.02 Å². The van der Waals surface area contributed by atoms with Crippen LogP contribution in [-0.2, 0) is 0 Å². The molecular formula is C16H9ClFNO2. The normalized spacial score (nSPS) is 10.8. The smallest absolute Gasteiger partial charge is 0.336 e. The highest BCUT2D eigenvalue weighted by molar-refractivity contribution is 6.36. The molecule has 0 saturated carbocycles. The molecule has 21 heavy (non-hydrogen) atoms. The molecule has 104 valence electrons. The molecule has 0 radical (unpaired) electrons. The fraction of sp³-hybridized carbons (Fsp3) is 0. The minimum atomic E-state index is -1.08. The summed E-state index contributed by atoms with van der Waals surface area (Å²) in [5.41, 5.74) is 1.66. The maximum absolute atomic E-state index is 13.0. The molecule has 3 nitrogen and oxygen atoms in total. The van der Waals surface area contributed by atoms with E-state index in [9.17, 15) is 14.3 Å². The van der Waals surface area contributed by atoms with Crippen LogP contribution in [0.25, 0.3) is 22.2 Å². The maximum atomic E-state index is 13.0. The van der Waals surface area contributed by atoms with Gasteiger partial charge in [-0.1, -0.05) is 17.7 Å². The third kappa shape index (κ3) is 2.45. The van der Waals surface area contributed by atoms with Crippen molar-refractivity contribution < 1.29 is 14.3 Å². The van der Waals surface area contributed by atoms with Gasteiger partial charge >= 0.3 is 5.97 Å². The molecule has 0 aliphatic heterocycles. The second kappa shape index (κ2) is 5.14. The SMILES string of the molecule is O=C(O)c1cc(-c2ccc(F)cc2)nc2cccc(Cl)c12.